The third-order valence-corrected chi connectivity index (χ3v) is 3.88. The number of nitrogens with one attached hydrogen (secondary N) is 1. The number of rotatable bonds is 4. The minimum atomic E-state index is -0.386. The number of aryl methyl sites for hydroxylation is 1. The standard InChI is InChI=1S/C18H18N2O3/c1-11-5-4-6-16-17(11)15(18(21)20-16)10-19-12-7-13(22-2)9-14(8-12)23-3/h4-10,15H,1-3H3,(H,20,21). The van der Waals surface area contributed by atoms with Crippen LogP contribution in [-0.4, -0.2) is 26.3 Å². The second-order valence-electron chi connectivity index (χ2n) is 5.35. The van der Waals surface area contributed by atoms with Crippen LogP contribution < -0.4 is 14.8 Å². The zero-order valence-corrected chi connectivity index (χ0v) is 13.3. The summed E-state index contributed by atoms with van der Waals surface area (Å²) in [5.74, 6) is 0.865. The Balaban J connectivity index is 1.94. The molecule has 0 fully saturated rings. The SMILES string of the molecule is COc1cc(N=CC2C(=O)Nc3cccc(C)c32)cc(OC)c1. The van der Waals surface area contributed by atoms with Gasteiger partial charge in [0.25, 0.3) is 0 Å². The minimum absolute atomic E-state index is 0.0621. The first-order valence-corrected chi connectivity index (χ1v) is 7.30. The fraction of sp³-hybridized carbons (Fsp3) is 0.222. The lowest BCUT2D eigenvalue weighted by Crippen LogP contribution is -2.13. The van der Waals surface area contributed by atoms with E-state index in [-0.39, 0.29) is 11.8 Å². The van der Waals surface area contributed by atoms with E-state index in [4.69, 9.17) is 9.47 Å². The number of methoxy groups -OCH3 is 2. The molecule has 0 radical (unpaired) electrons. The first-order chi connectivity index (χ1) is 11.1. The molecular weight excluding hydrogens is 292 g/mol. The number of nitrogens with zero attached hydrogens (tertiary/aromatic N) is 1. The molecular formula is C18H18N2O3. The van der Waals surface area contributed by atoms with Crippen molar-refractivity contribution in [3.63, 3.8) is 0 Å². The first kappa shape index (κ1) is 15.1. The Morgan fingerprint density at radius 3 is 2.48 bits per heavy atom. The molecule has 0 aromatic heterocycles. The number of carbonyl (C=O) groups is 1. The molecule has 0 spiro atoms. The second-order valence-corrected chi connectivity index (χ2v) is 5.35. The number of amides is 1. The summed E-state index contributed by atoms with van der Waals surface area (Å²) in [6.07, 6.45) is 1.67. The van der Waals surface area contributed by atoms with Crippen molar-refractivity contribution in [3.8, 4) is 11.5 Å². The molecule has 1 heterocycles. The second kappa shape index (κ2) is 6.12. The van der Waals surface area contributed by atoms with Crippen LogP contribution in [0.4, 0.5) is 11.4 Å². The van der Waals surface area contributed by atoms with Gasteiger partial charge in [-0.2, -0.15) is 0 Å². The number of ether oxygens (including phenoxy) is 2. The predicted molar refractivity (Wildman–Crippen MR) is 90.2 cm³/mol. The van der Waals surface area contributed by atoms with Gasteiger partial charge in [-0.1, -0.05) is 12.1 Å². The lowest BCUT2D eigenvalue weighted by atomic mass is 9.97. The molecule has 0 saturated carbocycles. The maximum absolute atomic E-state index is 12.2. The van der Waals surface area contributed by atoms with E-state index in [0.29, 0.717) is 17.2 Å². The summed E-state index contributed by atoms with van der Waals surface area (Å²) in [4.78, 5) is 16.6. The lowest BCUT2D eigenvalue weighted by Gasteiger charge is -2.07. The molecule has 5 nitrogen and oxygen atoms in total. The summed E-state index contributed by atoms with van der Waals surface area (Å²) in [6.45, 7) is 1.99. The van der Waals surface area contributed by atoms with Crippen molar-refractivity contribution in [2.45, 2.75) is 12.8 Å². The van der Waals surface area contributed by atoms with E-state index in [9.17, 15) is 4.79 Å². The fourth-order valence-electron chi connectivity index (χ4n) is 2.71. The van der Waals surface area contributed by atoms with Crippen LogP contribution in [0, 0.1) is 6.92 Å². The van der Waals surface area contributed by atoms with Crippen LogP contribution in [0.25, 0.3) is 0 Å². The van der Waals surface area contributed by atoms with Gasteiger partial charge in [0.1, 0.15) is 17.4 Å². The van der Waals surface area contributed by atoms with Crippen molar-refractivity contribution in [2.24, 2.45) is 4.99 Å². The van der Waals surface area contributed by atoms with Crippen molar-refractivity contribution < 1.29 is 14.3 Å². The van der Waals surface area contributed by atoms with Crippen molar-refractivity contribution in [1.82, 2.24) is 0 Å². The first-order valence-electron chi connectivity index (χ1n) is 7.30. The average Bonchev–Trinajstić information content (AvgIpc) is 2.89. The molecule has 1 aliphatic rings. The van der Waals surface area contributed by atoms with Gasteiger partial charge in [-0.25, -0.2) is 0 Å². The highest BCUT2D eigenvalue weighted by Crippen LogP contribution is 2.35. The number of benzene rings is 2. The van der Waals surface area contributed by atoms with Gasteiger partial charge in [-0.15, -0.1) is 0 Å². The van der Waals surface area contributed by atoms with E-state index < -0.39 is 0 Å². The monoisotopic (exact) mass is 310 g/mol. The van der Waals surface area contributed by atoms with E-state index in [2.05, 4.69) is 10.3 Å². The molecule has 1 aliphatic heterocycles. The maximum atomic E-state index is 12.2. The van der Waals surface area contributed by atoms with Gasteiger partial charge in [0.15, 0.2) is 0 Å². The molecule has 5 heteroatoms. The van der Waals surface area contributed by atoms with Crippen LogP contribution >= 0.6 is 0 Å². The van der Waals surface area contributed by atoms with Crippen molar-refractivity contribution in [2.75, 3.05) is 19.5 Å². The van der Waals surface area contributed by atoms with E-state index in [1.165, 1.54) is 0 Å². The Labute approximate surface area is 135 Å². The van der Waals surface area contributed by atoms with Crippen molar-refractivity contribution >= 4 is 23.5 Å². The number of hydrogen-bond donors (Lipinski definition) is 1. The Morgan fingerprint density at radius 1 is 1.13 bits per heavy atom. The van der Waals surface area contributed by atoms with Gasteiger partial charge >= 0.3 is 0 Å². The lowest BCUT2D eigenvalue weighted by molar-refractivity contribution is -0.115. The Hall–Kier alpha value is -2.82. The zero-order valence-electron chi connectivity index (χ0n) is 13.3. The van der Waals surface area contributed by atoms with Crippen LogP contribution in [0.2, 0.25) is 0 Å². The normalized spacial score (nSPS) is 16.3. The molecule has 0 aliphatic carbocycles. The molecule has 0 bridgehead atoms. The van der Waals surface area contributed by atoms with Gasteiger partial charge in [-0.05, 0) is 24.1 Å². The molecule has 3 rings (SSSR count). The quantitative estimate of drug-likeness (QED) is 0.880. The predicted octanol–water partition coefficient (Wildman–Crippen LogP) is 3.45. The topological polar surface area (TPSA) is 59.9 Å². The number of fused-ring (bicyclic) bond motifs is 1. The number of aliphatic imine (C=N–C) groups is 1. The van der Waals surface area contributed by atoms with Crippen molar-refractivity contribution in [3.05, 3.63) is 47.5 Å². The molecule has 2 aromatic rings. The van der Waals surface area contributed by atoms with Crippen molar-refractivity contribution in [1.29, 1.82) is 0 Å². The summed E-state index contributed by atoms with van der Waals surface area (Å²) in [5, 5.41) is 2.89. The fourth-order valence-corrected chi connectivity index (χ4v) is 2.71. The minimum Gasteiger partial charge on any atom is -0.497 e. The summed E-state index contributed by atoms with van der Waals surface area (Å²) in [5.41, 5.74) is 3.59. The molecule has 1 amide bonds. The molecule has 0 saturated heterocycles. The van der Waals surface area contributed by atoms with Crippen LogP contribution in [-0.2, 0) is 4.79 Å². The van der Waals surface area contributed by atoms with Gasteiger partial charge in [0, 0.05) is 30.1 Å². The van der Waals surface area contributed by atoms with Crippen LogP contribution in [0.3, 0.4) is 0 Å². The molecule has 23 heavy (non-hydrogen) atoms. The molecule has 1 atom stereocenters. The number of carbonyl (C=O) groups excluding carboxylic acids is 1. The van der Waals surface area contributed by atoms with E-state index >= 15 is 0 Å². The maximum Gasteiger partial charge on any atom is 0.237 e. The molecule has 1 N–H and O–H groups in total. The van der Waals surface area contributed by atoms with E-state index in [1.807, 2.05) is 25.1 Å². The van der Waals surface area contributed by atoms with E-state index in [0.717, 1.165) is 16.8 Å². The highest BCUT2D eigenvalue weighted by Gasteiger charge is 2.30. The number of hydrogen-bond acceptors (Lipinski definition) is 4. The smallest absolute Gasteiger partial charge is 0.237 e. The number of anilines is 1. The highest BCUT2D eigenvalue weighted by atomic mass is 16.5. The third kappa shape index (κ3) is 2.90. The molecule has 2 aromatic carbocycles. The van der Waals surface area contributed by atoms with Crippen LogP contribution in [0.15, 0.2) is 41.4 Å². The summed E-state index contributed by atoms with van der Waals surface area (Å²) >= 11 is 0. The van der Waals surface area contributed by atoms with Gasteiger partial charge < -0.3 is 14.8 Å². The van der Waals surface area contributed by atoms with Crippen LogP contribution in [0.5, 0.6) is 11.5 Å². The zero-order chi connectivity index (χ0) is 16.4. The third-order valence-electron chi connectivity index (χ3n) is 3.88. The average molecular weight is 310 g/mol. The Morgan fingerprint density at radius 2 is 1.83 bits per heavy atom. The molecule has 1 unspecified atom stereocenters. The summed E-state index contributed by atoms with van der Waals surface area (Å²) in [7, 11) is 3.18. The summed E-state index contributed by atoms with van der Waals surface area (Å²) in [6, 6.07) is 11.2. The highest BCUT2D eigenvalue weighted by molar-refractivity contribution is 6.13. The Kier molecular flexibility index (Phi) is 4.02. The molecule has 118 valence electrons. The van der Waals surface area contributed by atoms with Crippen LogP contribution in [0.1, 0.15) is 17.0 Å². The van der Waals surface area contributed by atoms with Gasteiger partial charge in [0.2, 0.25) is 5.91 Å². The van der Waals surface area contributed by atoms with Gasteiger partial charge in [0.05, 0.1) is 19.9 Å². The summed E-state index contributed by atoms with van der Waals surface area (Å²) < 4.78 is 10.5. The van der Waals surface area contributed by atoms with Gasteiger partial charge in [-0.3, -0.25) is 9.79 Å². The largest absolute Gasteiger partial charge is 0.497 e. The Bertz CT molecular complexity index is 762. The van der Waals surface area contributed by atoms with E-state index in [1.54, 1.807) is 38.6 Å².